The zero-order chi connectivity index (χ0) is 15.4. The molecule has 2 aliphatic rings. The molecular formula is C16H21BO4. The van der Waals surface area contributed by atoms with Crippen molar-refractivity contribution in [2.75, 3.05) is 6.61 Å². The monoisotopic (exact) mass is 288 g/mol. The Bertz CT molecular complexity index is 591. The van der Waals surface area contributed by atoms with Gasteiger partial charge in [0.1, 0.15) is 5.75 Å². The third kappa shape index (κ3) is 2.28. The van der Waals surface area contributed by atoms with Crippen LogP contribution in [0.4, 0.5) is 0 Å². The van der Waals surface area contributed by atoms with Crippen molar-refractivity contribution in [1.82, 2.24) is 0 Å². The first-order valence-electron chi connectivity index (χ1n) is 7.37. The minimum atomic E-state index is -0.505. The van der Waals surface area contributed by atoms with E-state index < -0.39 is 18.3 Å². The Balaban J connectivity index is 2.06. The number of carbonyl (C=O) groups is 1. The molecule has 2 aliphatic heterocycles. The van der Waals surface area contributed by atoms with Crippen LogP contribution in [0.25, 0.3) is 0 Å². The Morgan fingerprint density at radius 2 is 1.71 bits per heavy atom. The van der Waals surface area contributed by atoms with Crippen molar-refractivity contribution < 1.29 is 18.8 Å². The molecule has 1 aromatic rings. The van der Waals surface area contributed by atoms with Crippen molar-refractivity contribution in [3.8, 4) is 5.75 Å². The summed E-state index contributed by atoms with van der Waals surface area (Å²) in [6.45, 7) is 10.4. The number of aryl methyl sites for hydroxylation is 1. The molecule has 1 aromatic carbocycles. The number of carbonyl (C=O) groups excluding carboxylic acids is 1. The van der Waals surface area contributed by atoms with E-state index in [9.17, 15) is 4.79 Å². The molecule has 0 spiro atoms. The van der Waals surface area contributed by atoms with E-state index in [0.29, 0.717) is 24.3 Å². The molecule has 0 aliphatic carbocycles. The molecule has 0 aromatic heterocycles. The summed E-state index contributed by atoms with van der Waals surface area (Å²) in [6.07, 6.45) is 0.430. The van der Waals surface area contributed by atoms with Crippen LogP contribution in [0.1, 0.15) is 50.0 Å². The molecule has 21 heavy (non-hydrogen) atoms. The molecule has 2 heterocycles. The van der Waals surface area contributed by atoms with Crippen LogP contribution in [0, 0.1) is 6.92 Å². The Hall–Kier alpha value is -1.33. The van der Waals surface area contributed by atoms with E-state index in [0.717, 1.165) is 11.0 Å². The van der Waals surface area contributed by atoms with Gasteiger partial charge in [-0.2, -0.15) is 0 Å². The van der Waals surface area contributed by atoms with Crippen LogP contribution >= 0.6 is 0 Å². The minimum Gasteiger partial charge on any atom is -0.493 e. The van der Waals surface area contributed by atoms with E-state index in [1.807, 2.05) is 46.8 Å². The lowest BCUT2D eigenvalue weighted by molar-refractivity contribution is 0.00578. The van der Waals surface area contributed by atoms with Crippen LogP contribution in [0.3, 0.4) is 0 Å². The molecule has 0 unspecified atom stereocenters. The normalized spacial score (nSPS) is 22.9. The van der Waals surface area contributed by atoms with Crippen molar-refractivity contribution in [2.45, 2.75) is 52.2 Å². The van der Waals surface area contributed by atoms with E-state index in [2.05, 4.69) is 0 Å². The van der Waals surface area contributed by atoms with Crippen LogP contribution in [-0.4, -0.2) is 30.7 Å². The maximum absolute atomic E-state index is 12.1. The van der Waals surface area contributed by atoms with E-state index in [-0.39, 0.29) is 5.78 Å². The smallest absolute Gasteiger partial charge is 0.493 e. The summed E-state index contributed by atoms with van der Waals surface area (Å²) >= 11 is 0. The molecule has 0 atom stereocenters. The highest BCUT2D eigenvalue weighted by atomic mass is 16.7. The van der Waals surface area contributed by atoms with Crippen LogP contribution in [0.2, 0.25) is 0 Å². The number of rotatable bonds is 1. The summed E-state index contributed by atoms with van der Waals surface area (Å²) in [7, 11) is -0.505. The largest absolute Gasteiger partial charge is 0.498 e. The second-order valence-electron chi connectivity index (χ2n) is 6.84. The molecule has 0 bridgehead atoms. The van der Waals surface area contributed by atoms with E-state index in [1.54, 1.807) is 0 Å². The molecule has 112 valence electrons. The fraction of sp³-hybridized carbons (Fsp3) is 0.562. The van der Waals surface area contributed by atoms with Crippen molar-refractivity contribution in [3.63, 3.8) is 0 Å². The summed E-state index contributed by atoms with van der Waals surface area (Å²) in [5.41, 5.74) is 1.65. The lowest BCUT2D eigenvalue weighted by Gasteiger charge is -2.32. The first kappa shape index (κ1) is 14.6. The predicted molar refractivity (Wildman–Crippen MR) is 81.3 cm³/mol. The van der Waals surface area contributed by atoms with E-state index in [1.165, 1.54) is 0 Å². The fourth-order valence-electron chi connectivity index (χ4n) is 2.69. The molecule has 1 fully saturated rings. The Morgan fingerprint density at radius 3 is 2.33 bits per heavy atom. The molecule has 0 amide bonds. The van der Waals surface area contributed by atoms with Crippen LogP contribution in [-0.2, 0) is 9.31 Å². The van der Waals surface area contributed by atoms with E-state index in [4.69, 9.17) is 14.0 Å². The maximum Gasteiger partial charge on any atom is 0.498 e. The second kappa shape index (κ2) is 4.58. The summed E-state index contributed by atoms with van der Waals surface area (Å²) in [6, 6.07) is 3.87. The first-order chi connectivity index (χ1) is 9.71. The lowest BCUT2D eigenvalue weighted by Crippen LogP contribution is -2.41. The van der Waals surface area contributed by atoms with Gasteiger partial charge in [0.15, 0.2) is 5.78 Å². The molecule has 0 saturated carbocycles. The average Bonchev–Trinajstić information content (AvgIpc) is 2.59. The van der Waals surface area contributed by atoms with Crippen LogP contribution in [0.5, 0.6) is 5.75 Å². The summed E-state index contributed by atoms with van der Waals surface area (Å²) in [5, 5.41) is 0. The molecular weight excluding hydrogens is 267 g/mol. The lowest BCUT2D eigenvalue weighted by atomic mass is 9.75. The van der Waals surface area contributed by atoms with E-state index >= 15 is 0 Å². The predicted octanol–water partition coefficient (Wildman–Crippen LogP) is 2.26. The summed E-state index contributed by atoms with van der Waals surface area (Å²) in [5.74, 6) is 0.744. The highest BCUT2D eigenvalue weighted by Gasteiger charge is 2.52. The number of ketones is 1. The van der Waals surface area contributed by atoms with Gasteiger partial charge in [-0.3, -0.25) is 4.79 Å². The van der Waals surface area contributed by atoms with Crippen LogP contribution in [0.15, 0.2) is 12.1 Å². The minimum absolute atomic E-state index is 0.123. The number of hydrogen-bond acceptors (Lipinski definition) is 4. The van der Waals surface area contributed by atoms with Crippen molar-refractivity contribution in [2.24, 2.45) is 0 Å². The Labute approximate surface area is 125 Å². The van der Waals surface area contributed by atoms with Crippen molar-refractivity contribution in [3.05, 3.63) is 23.3 Å². The van der Waals surface area contributed by atoms with Gasteiger partial charge >= 0.3 is 7.12 Å². The zero-order valence-electron chi connectivity index (χ0n) is 13.3. The molecule has 3 rings (SSSR count). The number of fused-ring (bicyclic) bond motifs is 1. The van der Waals surface area contributed by atoms with Gasteiger partial charge in [-0.25, -0.2) is 0 Å². The van der Waals surface area contributed by atoms with Crippen LogP contribution < -0.4 is 10.2 Å². The molecule has 0 radical (unpaired) electrons. The molecule has 5 heteroatoms. The van der Waals surface area contributed by atoms with Gasteiger partial charge < -0.3 is 14.0 Å². The maximum atomic E-state index is 12.1. The Kier molecular flexibility index (Phi) is 3.19. The highest BCUT2D eigenvalue weighted by Crippen LogP contribution is 2.38. The van der Waals surface area contributed by atoms with Gasteiger partial charge in [0.05, 0.1) is 23.4 Å². The van der Waals surface area contributed by atoms with Gasteiger partial charge in [-0.05, 0) is 40.7 Å². The van der Waals surface area contributed by atoms with Crippen molar-refractivity contribution >= 4 is 18.4 Å². The number of benzene rings is 1. The number of Topliss-reactive ketones (excluding diaryl/α,β-unsaturated/α-hetero) is 1. The SMILES string of the molecule is Cc1cc(B2OC(C)(C)C(C)(C)O2)c2c(c1)C(=O)CCO2. The Morgan fingerprint density at radius 1 is 1.10 bits per heavy atom. The quantitative estimate of drug-likeness (QED) is 0.744. The molecule has 1 saturated heterocycles. The highest BCUT2D eigenvalue weighted by molar-refractivity contribution is 6.63. The fourth-order valence-corrected chi connectivity index (χ4v) is 2.69. The van der Waals surface area contributed by atoms with Gasteiger partial charge in [0, 0.05) is 11.9 Å². The van der Waals surface area contributed by atoms with Gasteiger partial charge in [-0.1, -0.05) is 11.6 Å². The number of ether oxygens (including phenoxy) is 1. The number of hydrogen-bond donors (Lipinski definition) is 0. The topological polar surface area (TPSA) is 44.8 Å². The van der Waals surface area contributed by atoms with Gasteiger partial charge in [-0.15, -0.1) is 0 Å². The summed E-state index contributed by atoms with van der Waals surface area (Å²) in [4.78, 5) is 12.1. The second-order valence-corrected chi connectivity index (χ2v) is 6.84. The summed E-state index contributed by atoms with van der Waals surface area (Å²) < 4.78 is 17.9. The van der Waals surface area contributed by atoms with Gasteiger partial charge in [0.2, 0.25) is 0 Å². The standard InChI is InChI=1S/C16H21BO4/c1-10-8-11-13(18)6-7-19-14(11)12(9-10)17-20-15(2,3)16(4,5)21-17/h8-9H,6-7H2,1-5H3. The van der Waals surface area contributed by atoms with Crippen molar-refractivity contribution in [1.29, 1.82) is 0 Å². The van der Waals surface area contributed by atoms with Gasteiger partial charge in [0.25, 0.3) is 0 Å². The molecule has 4 nitrogen and oxygen atoms in total. The third-order valence-electron chi connectivity index (χ3n) is 4.65. The first-order valence-corrected chi connectivity index (χ1v) is 7.37. The third-order valence-corrected chi connectivity index (χ3v) is 4.65. The zero-order valence-corrected chi connectivity index (χ0v) is 13.3. The average molecular weight is 288 g/mol. The molecule has 0 N–H and O–H groups in total.